The Kier molecular flexibility index (Phi) is 3.76. The van der Waals surface area contributed by atoms with Gasteiger partial charge in [-0.15, -0.1) is 0 Å². The molecule has 1 aromatic carbocycles. The highest BCUT2D eigenvalue weighted by Gasteiger charge is 2.00. The number of rotatable bonds is 3. The van der Waals surface area contributed by atoms with Gasteiger partial charge in [0.1, 0.15) is 5.69 Å². The quantitative estimate of drug-likeness (QED) is 0.510. The monoisotopic (exact) mass is 242 g/mol. The molecule has 0 aliphatic carbocycles. The first kappa shape index (κ1) is 12.3. The molecule has 0 spiro atoms. The number of nitrogens with two attached hydrogens (primary N) is 1. The molecule has 0 aliphatic rings. The van der Waals surface area contributed by atoms with Gasteiger partial charge in [0.2, 0.25) is 0 Å². The van der Waals surface area contributed by atoms with Gasteiger partial charge in [-0.1, -0.05) is 0 Å². The largest absolute Gasteiger partial charge is 0.630 e. The van der Waals surface area contributed by atoms with Gasteiger partial charge in [0.15, 0.2) is 0 Å². The summed E-state index contributed by atoms with van der Waals surface area (Å²) in [6, 6.07) is 7.17. The Hall–Kier alpha value is -2.11. The molecule has 2 rings (SSSR count). The Balaban J connectivity index is 2.24. The highest BCUT2D eigenvalue weighted by molar-refractivity contribution is 5.50. The number of benzene rings is 1. The first-order valence-electron chi connectivity index (χ1n) is 5.59. The number of hydrogen-bond donors (Lipinski definition) is 1. The summed E-state index contributed by atoms with van der Waals surface area (Å²) in [5.41, 5.74) is 4.91. The Labute approximate surface area is 105 Å². The number of aryl methyl sites for hydroxylation is 2. The minimum absolute atomic E-state index is 0.675. The van der Waals surface area contributed by atoms with Crippen molar-refractivity contribution in [2.24, 2.45) is 10.2 Å². The van der Waals surface area contributed by atoms with Gasteiger partial charge in [-0.3, -0.25) is 4.98 Å². The molecule has 0 fully saturated rings. The van der Waals surface area contributed by atoms with Crippen LogP contribution >= 0.6 is 0 Å². The van der Waals surface area contributed by atoms with Gasteiger partial charge in [0.25, 0.3) is 0 Å². The van der Waals surface area contributed by atoms with Crippen molar-refractivity contribution in [2.75, 3.05) is 0 Å². The van der Waals surface area contributed by atoms with Crippen LogP contribution in [0.25, 0.3) is 0 Å². The van der Waals surface area contributed by atoms with Crippen molar-refractivity contribution in [3.8, 4) is 0 Å². The van der Waals surface area contributed by atoms with E-state index in [1.807, 2.05) is 26.0 Å². The molecule has 0 saturated heterocycles. The summed E-state index contributed by atoms with van der Waals surface area (Å²) < 4.78 is 0. The van der Waals surface area contributed by atoms with E-state index in [2.05, 4.69) is 15.2 Å². The number of hydrogen-bond acceptors (Lipinski definition) is 4. The fourth-order valence-corrected chi connectivity index (χ4v) is 1.54. The summed E-state index contributed by atoms with van der Waals surface area (Å²) in [6.45, 7) is 3.81. The third kappa shape index (κ3) is 2.77. The second kappa shape index (κ2) is 5.48. The van der Waals surface area contributed by atoms with E-state index in [1.165, 1.54) is 0 Å². The van der Waals surface area contributed by atoms with E-state index < -0.39 is 0 Å². The van der Waals surface area contributed by atoms with Crippen LogP contribution in [-0.2, 0) is 0 Å². The summed E-state index contributed by atoms with van der Waals surface area (Å²) in [6.07, 6.45) is 3.43. The van der Waals surface area contributed by atoms with Crippen molar-refractivity contribution < 1.29 is 5.48 Å². The second-order valence-electron chi connectivity index (χ2n) is 4.02. The average Bonchev–Trinajstić information content (AvgIpc) is 2.38. The molecule has 0 atom stereocenters. The summed E-state index contributed by atoms with van der Waals surface area (Å²) in [4.78, 5) is 4.00. The normalized spacial score (nSPS) is 11.1. The number of azo groups is 1. The van der Waals surface area contributed by atoms with Gasteiger partial charge in [0.05, 0.1) is 11.4 Å². The Morgan fingerprint density at radius 2 is 1.94 bits per heavy atom. The van der Waals surface area contributed by atoms with Crippen LogP contribution in [0.4, 0.5) is 17.1 Å². The molecule has 5 heteroatoms. The SMILES string of the molecule is Cc1cnccc1N=Nc1ccc([NH2+][O-])c(C)c1. The van der Waals surface area contributed by atoms with Crippen LogP contribution in [0, 0.1) is 19.1 Å². The zero-order chi connectivity index (χ0) is 13.0. The molecule has 0 saturated carbocycles. The van der Waals surface area contributed by atoms with Crippen LogP contribution in [0.2, 0.25) is 0 Å². The molecule has 0 unspecified atom stereocenters. The average molecular weight is 242 g/mol. The van der Waals surface area contributed by atoms with Crippen LogP contribution in [0.5, 0.6) is 0 Å². The topological polar surface area (TPSA) is 77.3 Å². The fourth-order valence-electron chi connectivity index (χ4n) is 1.54. The lowest BCUT2D eigenvalue weighted by molar-refractivity contribution is -0.497. The molecule has 2 aromatic rings. The molecule has 0 bridgehead atoms. The van der Waals surface area contributed by atoms with Gasteiger partial charge in [-0.25, -0.2) is 0 Å². The van der Waals surface area contributed by atoms with E-state index in [0.717, 1.165) is 28.0 Å². The van der Waals surface area contributed by atoms with Crippen molar-refractivity contribution in [3.63, 3.8) is 0 Å². The van der Waals surface area contributed by atoms with E-state index in [-0.39, 0.29) is 0 Å². The van der Waals surface area contributed by atoms with Gasteiger partial charge < -0.3 is 10.7 Å². The van der Waals surface area contributed by atoms with Crippen LogP contribution < -0.4 is 5.48 Å². The zero-order valence-electron chi connectivity index (χ0n) is 10.3. The minimum atomic E-state index is 0.675. The Morgan fingerprint density at radius 1 is 1.11 bits per heavy atom. The van der Waals surface area contributed by atoms with Gasteiger partial charge in [0, 0.05) is 24.0 Å². The van der Waals surface area contributed by atoms with E-state index in [1.54, 1.807) is 24.5 Å². The lowest BCUT2D eigenvalue weighted by Gasteiger charge is -2.05. The third-order valence-corrected chi connectivity index (χ3v) is 2.64. The number of pyridine rings is 1. The van der Waals surface area contributed by atoms with Crippen LogP contribution in [0.1, 0.15) is 11.1 Å². The van der Waals surface area contributed by atoms with Crippen molar-refractivity contribution in [3.05, 3.63) is 53.0 Å². The maximum Gasteiger partial charge on any atom is 0.132 e. The molecular formula is C13H14N4O. The predicted octanol–water partition coefficient (Wildman–Crippen LogP) is 2.81. The number of quaternary nitrogens is 1. The lowest BCUT2D eigenvalue weighted by atomic mass is 10.2. The standard InChI is InChI=1S/C13H14N4O/c1-9-7-11(3-4-13(9)17-18)15-16-12-5-6-14-8-10(12)2/h3-8H,17H2,1-2H3. The summed E-state index contributed by atoms with van der Waals surface area (Å²) in [7, 11) is 0. The van der Waals surface area contributed by atoms with E-state index >= 15 is 0 Å². The van der Waals surface area contributed by atoms with Gasteiger partial charge in [-0.05, 0) is 37.6 Å². The molecule has 0 aliphatic heterocycles. The minimum Gasteiger partial charge on any atom is -0.630 e. The van der Waals surface area contributed by atoms with Gasteiger partial charge >= 0.3 is 0 Å². The molecular weight excluding hydrogens is 228 g/mol. The van der Waals surface area contributed by atoms with Crippen molar-refractivity contribution in [1.29, 1.82) is 0 Å². The molecule has 0 amide bonds. The molecule has 2 N–H and O–H groups in total. The summed E-state index contributed by atoms with van der Waals surface area (Å²) in [5, 5.41) is 19.0. The second-order valence-corrected chi connectivity index (χ2v) is 4.02. The maximum atomic E-state index is 10.7. The van der Waals surface area contributed by atoms with E-state index in [0.29, 0.717) is 5.69 Å². The van der Waals surface area contributed by atoms with Crippen LogP contribution in [0.3, 0.4) is 0 Å². The number of nitrogens with zero attached hydrogens (tertiary/aromatic N) is 3. The molecule has 0 radical (unpaired) electrons. The van der Waals surface area contributed by atoms with E-state index in [4.69, 9.17) is 0 Å². The maximum absolute atomic E-state index is 10.7. The fraction of sp³-hybridized carbons (Fsp3) is 0.154. The number of aromatic nitrogens is 1. The molecule has 5 nitrogen and oxygen atoms in total. The van der Waals surface area contributed by atoms with E-state index in [9.17, 15) is 5.21 Å². The molecule has 92 valence electrons. The summed E-state index contributed by atoms with van der Waals surface area (Å²) in [5.74, 6) is 0. The Morgan fingerprint density at radius 3 is 2.61 bits per heavy atom. The lowest BCUT2D eigenvalue weighted by Crippen LogP contribution is -2.70. The zero-order valence-corrected chi connectivity index (χ0v) is 10.3. The predicted molar refractivity (Wildman–Crippen MR) is 69.3 cm³/mol. The van der Waals surface area contributed by atoms with Gasteiger partial charge in [-0.2, -0.15) is 10.2 Å². The van der Waals surface area contributed by atoms with Crippen molar-refractivity contribution in [2.45, 2.75) is 13.8 Å². The van der Waals surface area contributed by atoms with Crippen molar-refractivity contribution in [1.82, 2.24) is 4.98 Å². The highest BCUT2D eigenvalue weighted by Crippen LogP contribution is 2.23. The first-order valence-corrected chi connectivity index (χ1v) is 5.59. The molecule has 1 heterocycles. The summed E-state index contributed by atoms with van der Waals surface area (Å²) >= 11 is 0. The van der Waals surface area contributed by atoms with Crippen molar-refractivity contribution >= 4 is 17.1 Å². The first-order chi connectivity index (χ1) is 8.70. The highest BCUT2D eigenvalue weighted by atomic mass is 16.5. The molecule has 18 heavy (non-hydrogen) atoms. The smallest absolute Gasteiger partial charge is 0.132 e. The molecule has 1 aromatic heterocycles. The Bertz CT molecular complexity index is 581. The third-order valence-electron chi connectivity index (χ3n) is 2.64. The van der Waals surface area contributed by atoms with Crippen LogP contribution in [-0.4, -0.2) is 4.98 Å². The van der Waals surface area contributed by atoms with Crippen LogP contribution in [0.15, 0.2) is 46.9 Å².